The molecule has 0 unspecified atom stereocenters. The van der Waals surface area contributed by atoms with Gasteiger partial charge in [-0.15, -0.1) is 0 Å². The number of amides is 1. The molecular weight excluding hydrogens is 388 g/mol. The van der Waals surface area contributed by atoms with E-state index in [1.807, 2.05) is 47.9 Å². The second kappa shape index (κ2) is 8.48. The quantitative estimate of drug-likeness (QED) is 0.341. The predicted octanol–water partition coefficient (Wildman–Crippen LogP) is 4.68. The van der Waals surface area contributed by atoms with E-state index < -0.39 is 11.7 Å². The van der Waals surface area contributed by atoms with Gasteiger partial charge in [0.15, 0.2) is 0 Å². The maximum atomic E-state index is 12.8. The van der Waals surface area contributed by atoms with Gasteiger partial charge in [-0.3, -0.25) is 9.59 Å². The van der Waals surface area contributed by atoms with Crippen molar-refractivity contribution in [2.45, 2.75) is 26.3 Å². The van der Waals surface area contributed by atoms with Crippen LogP contribution in [0.25, 0.3) is 22.0 Å². The van der Waals surface area contributed by atoms with Crippen molar-refractivity contribution in [2.75, 3.05) is 0 Å². The van der Waals surface area contributed by atoms with Crippen LogP contribution in [0, 0.1) is 0 Å². The summed E-state index contributed by atoms with van der Waals surface area (Å²) in [5.74, 6) is -1.83. The molecule has 31 heavy (non-hydrogen) atoms. The predicted molar refractivity (Wildman–Crippen MR) is 122 cm³/mol. The Hall–Kier alpha value is -3.86. The summed E-state index contributed by atoms with van der Waals surface area (Å²) >= 11 is 0. The van der Waals surface area contributed by atoms with Gasteiger partial charge < -0.3 is 15.4 Å². The Kier molecular flexibility index (Phi) is 5.58. The number of aromatic nitrogens is 1. The van der Waals surface area contributed by atoms with Gasteiger partial charge in [-0.05, 0) is 35.2 Å². The van der Waals surface area contributed by atoms with Crippen LogP contribution < -0.4 is 5.73 Å². The topological polar surface area (TPSA) is 85.3 Å². The van der Waals surface area contributed by atoms with Gasteiger partial charge in [-0.2, -0.15) is 0 Å². The highest BCUT2D eigenvalue weighted by atomic mass is 16.3. The molecule has 3 N–H and O–H groups in total. The van der Waals surface area contributed by atoms with E-state index in [9.17, 15) is 14.7 Å². The monoisotopic (exact) mass is 412 g/mol. The van der Waals surface area contributed by atoms with Crippen LogP contribution in [0.15, 0.2) is 72.8 Å². The maximum absolute atomic E-state index is 12.8. The lowest BCUT2D eigenvalue weighted by Gasteiger charge is -2.15. The molecule has 4 aromatic rings. The Balaban J connectivity index is 1.96. The van der Waals surface area contributed by atoms with Crippen LogP contribution in [0.5, 0.6) is 5.75 Å². The number of benzene rings is 3. The molecule has 0 radical (unpaired) electrons. The van der Waals surface area contributed by atoms with E-state index >= 15 is 0 Å². The van der Waals surface area contributed by atoms with E-state index in [2.05, 4.69) is 24.3 Å². The van der Waals surface area contributed by atoms with Crippen molar-refractivity contribution >= 4 is 22.6 Å². The van der Waals surface area contributed by atoms with Crippen molar-refractivity contribution in [1.82, 2.24) is 4.57 Å². The number of rotatable bonds is 7. The largest absolute Gasteiger partial charge is 0.507 e. The lowest BCUT2D eigenvalue weighted by molar-refractivity contribution is -0.114. The number of hydrogen-bond donors (Lipinski definition) is 2. The molecule has 0 spiro atoms. The molecule has 0 fully saturated rings. The van der Waals surface area contributed by atoms with E-state index in [0.717, 1.165) is 23.1 Å². The maximum Gasteiger partial charge on any atom is 0.289 e. The number of aromatic hydroxyl groups is 1. The molecule has 156 valence electrons. The average molecular weight is 412 g/mol. The zero-order valence-corrected chi connectivity index (χ0v) is 17.3. The summed E-state index contributed by atoms with van der Waals surface area (Å²) in [5, 5.41) is 11.0. The van der Waals surface area contributed by atoms with Crippen molar-refractivity contribution < 1.29 is 14.7 Å². The fourth-order valence-electron chi connectivity index (χ4n) is 4.21. The number of primary amides is 1. The van der Waals surface area contributed by atoms with Crippen molar-refractivity contribution in [3.8, 4) is 16.9 Å². The van der Waals surface area contributed by atoms with Gasteiger partial charge in [-0.25, -0.2) is 0 Å². The molecule has 0 atom stereocenters. The van der Waals surface area contributed by atoms with E-state index in [0.29, 0.717) is 29.6 Å². The Labute approximate surface area is 180 Å². The number of carbonyl (C=O) groups is 2. The first-order valence-electron chi connectivity index (χ1n) is 10.3. The summed E-state index contributed by atoms with van der Waals surface area (Å²) in [7, 11) is 0. The van der Waals surface area contributed by atoms with E-state index in [4.69, 9.17) is 5.73 Å². The van der Waals surface area contributed by atoms with Crippen molar-refractivity contribution in [3.05, 3.63) is 89.6 Å². The van der Waals surface area contributed by atoms with Crippen LogP contribution in [0.3, 0.4) is 0 Å². The zero-order chi connectivity index (χ0) is 22.0. The summed E-state index contributed by atoms with van der Waals surface area (Å²) < 4.78 is 2.02. The second-order valence-corrected chi connectivity index (χ2v) is 7.55. The molecule has 5 nitrogen and oxygen atoms in total. The van der Waals surface area contributed by atoms with Crippen molar-refractivity contribution in [2.24, 2.45) is 5.73 Å². The first-order chi connectivity index (χ1) is 15.0. The minimum Gasteiger partial charge on any atom is -0.507 e. The van der Waals surface area contributed by atoms with Crippen molar-refractivity contribution in [1.29, 1.82) is 0 Å². The van der Waals surface area contributed by atoms with Crippen LogP contribution in [0.4, 0.5) is 0 Å². The van der Waals surface area contributed by atoms with Gasteiger partial charge in [0.2, 0.25) is 0 Å². The summed E-state index contributed by atoms with van der Waals surface area (Å²) in [6.07, 6.45) is 1.35. The summed E-state index contributed by atoms with van der Waals surface area (Å²) in [5.41, 5.74) is 10.2. The third-order valence-electron chi connectivity index (χ3n) is 5.54. The van der Waals surface area contributed by atoms with Gasteiger partial charge in [-0.1, -0.05) is 74.0 Å². The molecule has 0 saturated carbocycles. The van der Waals surface area contributed by atoms with Crippen LogP contribution in [-0.2, 0) is 17.8 Å². The molecular formula is C26H24N2O3. The fraction of sp³-hybridized carbons (Fsp3) is 0.154. The highest BCUT2D eigenvalue weighted by molar-refractivity contribution is 6.45. The molecule has 5 heteroatoms. The summed E-state index contributed by atoms with van der Waals surface area (Å²) in [4.78, 5) is 24.6. The van der Waals surface area contributed by atoms with Crippen LogP contribution in [-0.4, -0.2) is 21.4 Å². The van der Waals surface area contributed by atoms with Crippen LogP contribution >= 0.6 is 0 Å². The SMILES string of the molecule is CCCc1c(C(=O)C(N)=O)c2c(O)cccc2n1Cc1ccccc1-c1ccccc1. The molecule has 1 amide bonds. The molecule has 0 aliphatic rings. The fourth-order valence-corrected chi connectivity index (χ4v) is 4.21. The molecule has 3 aromatic carbocycles. The first-order valence-corrected chi connectivity index (χ1v) is 10.3. The average Bonchev–Trinajstić information content (AvgIpc) is 3.09. The Morgan fingerprint density at radius 3 is 2.35 bits per heavy atom. The highest BCUT2D eigenvalue weighted by Gasteiger charge is 2.27. The highest BCUT2D eigenvalue weighted by Crippen LogP contribution is 2.35. The zero-order valence-electron chi connectivity index (χ0n) is 17.3. The number of carbonyl (C=O) groups excluding carboxylic acids is 2. The molecule has 0 bridgehead atoms. The van der Waals surface area contributed by atoms with E-state index in [1.54, 1.807) is 6.07 Å². The van der Waals surface area contributed by atoms with E-state index in [-0.39, 0.29) is 11.3 Å². The van der Waals surface area contributed by atoms with Gasteiger partial charge >= 0.3 is 0 Å². The van der Waals surface area contributed by atoms with Crippen LogP contribution in [0.1, 0.15) is 35.0 Å². The smallest absolute Gasteiger partial charge is 0.289 e. The number of Topliss-reactive ketones (excluding diaryl/α,β-unsaturated/α-hetero) is 1. The third-order valence-corrected chi connectivity index (χ3v) is 5.54. The van der Waals surface area contributed by atoms with Crippen molar-refractivity contribution in [3.63, 3.8) is 0 Å². The molecule has 0 saturated heterocycles. The molecule has 1 aromatic heterocycles. The van der Waals surface area contributed by atoms with Gasteiger partial charge in [0, 0.05) is 12.2 Å². The third kappa shape index (κ3) is 3.70. The minimum absolute atomic E-state index is 0.0328. The van der Waals surface area contributed by atoms with Gasteiger partial charge in [0.25, 0.3) is 11.7 Å². The summed E-state index contributed by atoms with van der Waals surface area (Å²) in [6, 6.07) is 23.4. The molecule has 1 heterocycles. The number of hydrogen-bond acceptors (Lipinski definition) is 3. The number of phenols is 1. The number of phenolic OH excluding ortho intramolecular Hbond substituents is 1. The van der Waals surface area contributed by atoms with E-state index in [1.165, 1.54) is 6.07 Å². The number of ketones is 1. The standard InChI is InChI=1S/C26H24N2O3/c1-2-9-20-24(25(30)26(27)31)23-21(14-8-15-22(23)29)28(20)16-18-12-6-7-13-19(18)17-10-4-3-5-11-17/h3-8,10-15,29H,2,9,16H2,1H3,(H2,27,31). The Bertz CT molecular complexity index is 1270. The minimum atomic E-state index is -1.02. The van der Waals surface area contributed by atoms with Crippen LogP contribution in [0.2, 0.25) is 0 Å². The Morgan fingerprint density at radius 2 is 1.65 bits per heavy atom. The van der Waals surface area contributed by atoms with Gasteiger partial charge in [0.05, 0.1) is 16.5 Å². The first kappa shape index (κ1) is 20.4. The second-order valence-electron chi connectivity index (χ2n) is 7.55. The van der Waals surface area contributed by atoms with Gasteiger partial charge in [0.1, 0.15) is 5.75 Å². The number of fused-ring (bicyclic) bond motifs is 1. The summed E-state index contributed by atoms with van der Waals surface area (Å²) in [6.45, 7) is 2.50. The number of nitrogens with two attached hydrogens (primary N) is 1. The molecule has 4 rings (SSSR count). The molecule has 0 aliphatic carbocycles. The molecule has 0 aliphatic heterocycles. The lowest BCUT2D eigenvalue weighted by atomic mass is 9.99. The Morgan fingerprint density at radius 1 is 0.935 bits per heavy atom. The normalized spacial score (nSPS) is 11.0. The number of nitrogens with zero attached hydrogens (tertiary/aromatic N) is 1. The lowest BCUT2D eigenvalue weighted by Crippen LogP contribution is -2.24.